The van der Waals surface area contributed by atoms with E-state index in [1.54, 1.807) is 16.9 Å². The molecule has 0 radical (unpaired) electrons. The lowest BCUT2D eigenvalue weighted by molar-refractivity contribution is -0.0503. The molecule has 0 bridgehead atoms. The normalized spacial score (nSPS) is 19.8. The van der Waals surface area contributed by atoms with Crippen LogP contribution in [0.15, 0.2) is 36.5 Å². The van der Waals surface area contributed by atoms with E-state index < -0.39 is 24.4 Å². The molecule has 2 fully saturated rings. The number of aliphatic hydroxyl groups is 1. The summed E-state index contributed by atoms with van der Waals surface area (Å²) >= 11 is 0. The Morgan fingerprint density at radius 2 is 2.07 bits per heavy atom. The topological polar surface area (TPSA) is 106 Å². The maximum Gasteiger partial charge on any atom is 0.414 e. The molecule has 1 aliphatic carbocycles. The van der Waals surface area contributed by atoms with Crippen LogP contribution in [0.4, 0.5) is 19.3 Å². The number of carbonyl (C=O) groups is 1. The van der Waals surface area contributed by atoms with E-state index in [4.69, 9.17) is 9.84 Å². The van der Waals surface area contributed by atoms with E-state index in [9.17, 15) is 13.6 Å². The van der Waals surface area contributed by atoms with Crippen LogP contribution in [0.1, 0.15) is 18.9 Å². The molecule has 1 saturated carbocycles. The summed E-state index contributed by atoms with van der Waals surface area (Å²) in [6, 6.07) is 7.85. The molecule has 9 nitrogen and oxygen atoms in total. The number of cyclic esters (lactones) is 1. The molecular weight excluding hydrogens is 398 g/mol. The highest BCUT2D eigenvalue weighted by Gasteiger charge is 2.37. The van der Waals surface area contributed by atoms with E-state index in [-0.39, 0.29) is 17.8 Å². The molecule has 1 N–H and O–H groups in total. The van der Waals surface area contributed by atoms with Crippen molar-refractivity contribution >= 4 is 11.8 Å². The van der Waals surface area contributed by atoms with Crippen molar-refractivity contribution in [3.63, 3.8) is 0 Å². The summed E-state index contributed by atoms with van der Waals surface area (Å²) in [5.41, 5.74) is 1.54. The highest BCUT2D eigenvalue weighted by atomic mass is 19.1. The zero-order valence-corrected chi connectivity index (χ0v) is 15.5. The Morgan fingerprint density at radius 1 is 1.23 bits per heavy atom. The minimum atomic E-state index is -2.30. The number of rotatable bonds is 5. The van der Waals surface area contributed by atoms with Gasteiger partial charge in [0.25, 0.3) is 0 Å². The standard InChI is InChI=1S/C19H16F2N6O3/c20-14-7-12(26-9-16(17(21)28)30-19(26)29)4-5-13(14)10-1-6-15(22-8-10)18-23-25-27(24-18)11-2-3-11/h1,4-8,11,16-17,28H,2-3,9H2/t16-,17?/m1/s1. The first-order valence-electron chi connectivity index (χ1n) is 9.36. The van der Waals surface area contributed by atoms with Crippen LogP contribution in [-0.4, -0.2) is 55.4 Å². The molecule has 1 aliphatic heterocycles. The molecule has 2 aromatic heterocycles. The van der Waals surface area contributed by atoms with E-state index >= 15 is 0 Å². The summed E-state index contributed by atoms with van der Waals surface area (Å²) in [5.74, 6) is -0.182. The number of alkyl halides is 1. The molecule has 11 heteroatoms. The molecule has 0 spiro atoms. The fourth-order valence-electron chi connectivity index (χ4n) is 3.22. The predicted molar refractivity (Wildman–Crippen MR) is 99.4 cm³/mol. The summed E-state index contributed by atoms with van der Waals surface area (Å²) in [5, 5.41) is 21.3. The van der Waals surface area contributed by atoms with E-state index in [0.717, 1.165) is 23.8 Å². The monoisotopic (exact) mass is 414 g/mol. The number of nitrogens with zero attached hydrogens (tertiary/aromatic N) is 6. The highest BCUT2D eigenvalue weighted by molar-refractivity contribution is 5.90. The number of tetrazole rings is 1. The van der Waals surface area contributed by atoms with E-state index in [1.165, 1.54) is 18.3 Å². The van der Waals surface area contributed by atoms with E-state index in [0.29, 0.717) is 23.1 Å². The number of anilines is 1. The predicted octanol–water partition coefficient (Wildman–Crippen LogP) is 2.49. The summed E-state index contributed by atoms with van der Waals surface area (Å²) in [6.45, 7) is -0.208. The third-order valence-corrected chi connectivity index (χ3v) is 5.01. The summed E-state index contributed by atoms with van der Waals surface area (Å²) in [7, 11) is 0. The Labute approximate surface area is 168 Å². The van der Waals surface area contributed by atoms with Crippen LogP contribution in [0.2, 0.25) is 0 Å². The van der Waals surface area contributed by atoms with Gasteiger partial charge in [0.1, 0.15) is 11.5 Å². The maximum atomic E-state index is 14.7. The van der Waals surface area contributed by atoms with Crippen molar-refractivity contribution < 1.29 is 23.4 Å². The average molecular weight is 414 g/mol. The molecule has 3 aromatic rings. The van der Waals surface area contributed by atoms with Gasteiger partial charge in [-0.15, -0.1) is 10.2 Å². The van der Waals surface area contributed by atoms with Crippen molar-refractivity contribution in [2.75, 3.05) is 11.4 Å². The average Bonchev–Trinajstić information content (AvgIpc) is 3.33. The molecule has 1 amide bonds. The number of pyridine rings is 1. The van der Waals surface area contributed by atoms with Gasteiger partial charge in [-0.25, -0.2) is 13.6 Å². The van der Waals surface area contributed by atoms with E-state index in [1.807, 2.05) is 0 Å². The minimum Gasteiger partial charge on any atom is -0.438 e. The van der Waals surface area contributed by atoms with Crippen LogP contribution in [0.3, 0.4) is 0 Å². The Morgan fingerprint density at radius 3 is 2.70 bits per heavy atom. The van der Waals surface area contributed by atoms with Gasteiger partial charge in [-0.1, -0.05) is 6.07 Å². The van der Waals surface area contributed by atoms with Crippen LogP contribution in [-0.2, 0) is 4.74 Å². The first kappa shape index (κ1) is 18.6. The third kappa shape index (κ3) is 3.36. The van der Waals surface area contributed by atoms with Crippen molar-refractivity contribution in [3.8, 4) is 22.6 Å². The van der Waals surface area contributed by atoms with Gasteiger partial charge in [-0.2, -0.15) is 4.80 Å². The molecule has 2 atom stereocenters. The lowest BCUT2D eigenvalue weighted by Gasteiger charge is -2.14. The highest BCUT2D eigenvalue weighted by Crippen LogP contribution is 2.33. The third-order valence-electron chi connectivity index (χ3n) is 5.01. The Hall–Kier alpha value is -3.47. The second kappa shape index (κ2) is 7.10. The second-order valence-corrected chi connectivity index (χ2v) is 7.17. The van der Waals surface area contributed by atoms with Gasteiger partial charge in [0.2, 0.25) is 12.2 Å². The van der Waals surface area contributed by atoms with Crippen LogP contribution in [0.25, 0.3) is 22.6 Å². The molecular formula is C19H16F2N6O3. The Bertz CT molecular complexity index is 1100. The molecule has 30 heavy (non-hydrogen) atoms. The second-order valence-electron chi connectivity index (χ2n) is 7.17. The zero-order valence-electron chi connectivity index (χ0n) is 15.5. The van der Waals surface area contributed by atoms with Crippen LogP contribution in [0, 0.1) is 5.82 Å². The van der Waals surface area contributed by atoms with Crippen molar-refractivity contribution in [3.05, 3.63) is 42.3 Å². The zero-order chi connectivity index (χ0) is 20.8. The van der Waals surface area contributed by atoms with Crippen molar-refractivity contribution in [1.82, 2.24) is 25.2 Å². The van der Waals surface area contributed by atoms with Gasteiger partial charge in [0, 0.05) is 17.3 Å². The number of halogens is 2. The quantitative estimate of drug-likeness (QED) is 0.684. The van der Waals surface area contributed by atoms with Gasteiger partial charge in [-0.05, 0) is 42.3 Å². The number of aliphatic hydroxyl groups excluding tert-OH is 1. The van der Waals surface area contributed by atoms with Gasteiger partial charge in [0.15, 0.2) is 6.10 Å². The molecule has 1 saturated heterocycles. The van der Waals surface area contributed by atoms with E-state index in [2.05, 4.69) is 20.4 Å². The largest absolute Gasteiger partial charge is 0.438 e. The lowest BCUT2D eigenvalue weighted by atomic mass is 10.1. The van der Waals surface area contributed by atoms with Gasteiger partial charge in [0.05, 0.1) is 18.3 Å². The number of aromatic nitrogens is 5. The Balaban J connectivity index is 1.36. The summed E-state index contributed by atoms with van der Waals surface area (Å²) in [4.78, 5) is 18.8. The number of hydrogen-bond donors (Lipinski definition) is 1. The van der Waals surface area contributed by atoms with Crippen LogP contribution in [0.5, 0.6) is 0 Å². The van der Waals surface area contributed by atoms with Crippen LogP contribution >= 0.6 is 0 Å². The molecule has 154 valence electrons. The smallest absolute Gasteiger partial charge is 0.414 e. The van der Waals surface area contributed by atoms with Gasteiger partial charge in [-0.3, -0.25) is 9.88 Å². The molecule has 1 unspecified atom stereocenters. The minimum absolute atomic E-state index is 0.204. The molecule has 5 rings (SSSR count). The molecule has 1 aromatic carbocycles. The SMILES string of the molecule is O=C1O[C@@H](C(O)F)CN1c1ccc(-c2ccc(-c3nnn(C4CC4)n3)nc2)c(F)c1. The first-order chi connectivity index (χ1) is 14.5. The maximum absolute atomic E-state index is 14.7. The number of benzene rings is 1. The van der Waals surface area contributed by atoms with Gasteiger partial charge < -0.3 is 9.84 Å². The number of ether oxygens (including phenoxy) is 1. The summed E-state index contributed by atoms with van der Waals surface area (Å²) in [6.07, 6.45) is -0.855. The van der Waals surface area contributed by atoms with Crippen LogP contribution < -0.4 is 4.90 Å². The van der Waals surface area contributed by atoms with Crippen molar-refractivity contribution in [2.45, 2.75) is 31.3 Å². The number of hydrogen-bond acceptors (Lipinski definition) is 7. The van der Waals surface area contributed by atoms with Crippen molar-refractivity contribution in [2.24, 2.45) is 0 Å². The molecule has 2 aliphatic rings. The van der Waals surface area contributed by atoms with Crippen molar-refractivity contribution in [1.29, 1.82) is 0 Å². The first-order valence-corrected chi connectivity index (χ1v) is 9.36. The van der Waals surface area contributed by atoms with Gasteiger partial charge >= 0.3 is 6.09 Å². The fourth-order valence-corrected chi connectivity index (χ4v) is 3.22. The fraction of sp³-hybridized carbons (Fsp3) is 0.316. The Kier molecular flexibility index (Phi) is 4.39. The molecule has 3 heterocycles. The summed E-state index contributed by atoms with van der Waals surface area (Å²) < 4.78 is 32.4. The number of amides is 1. The number of carbonyl (C=O) groups excluding carboxylic acids is 1. The lowest BCUT2D eigenvalue weighted by Crippen LogP contribution is -2.28.